The first-order chi connectivity index (χ1) is 11.4. The molecule has 164 valence electrons. The van der Waals surface area contributed by atoms with Gasteiger partial charge in [0.1, 0.15) is 0 Å². The van der Waals surface area contributed by atoms with Crippen molar-refractivity contribution in [3.63, 3.8) is 0 Å². The maximum atomic E-state index is 13.1. The van der Waals surface area contributed by atoms with Crippen molar-refractivity contribution in [1.82, 2.24) is 0 Å². The van der Waals surface area contributed by atoms with Crippen LogP contribution in [0.3, 0.4) is 0 Å². The Morgan fingerprint density at radius 2 is 1.07 bits per heavy atom. The van der Waals surface area contributed by atoms with Crippen molar-refractivity contribution >= 4 is 10.1 Å². The number of rotatable bonds is 8. The molecule has 19 heteroatoms. The van der Waals surface area contributed by atoms with Gasteiger partial charge in [0.25, 0.3) is 0 Å². The second kappa shape index (κ2) is 8.60. The zero-order valence-corrected chi connectivity index (χ0v) is 16.9. The van der Waals surface area contributed by atoms with E-state index in [-0.39, 0.29) is 51.4 Å². The molecule has 0 aromatic carbocycles. The number of hydrogen-bond donors (Lipinski definition) is 0. The second-order valence-corrected chi connectivity index (χ2v) is 6.36. The molecule has 3 nitrogen and oxygen atoms in total. The van der Waals surface area contributed by atoms with Crippen LogP contribution in [0.15, 0.2) is 0 Å². The van der Waals surface area contributed by atoms with E-state index >= 15 is 0 Å². The Labute approximate surface area is 189 Å². The summed E-state index contributed by atoms with van der Waals surface area (Å²) in [5.41, 5.74) is 0. The van der Waals surface area contributed by atoms with E-state index in [0.717, 1.165) is 0 Å². The minimum absolute atomic E-state index is 0. The van der Waals surface area contributed by atoms with Crippen molar-refractivity contribution in [2.75, 3.05) is 0 Å². The van der Waals surface area contributed by atoms with Crippen LogP contribution in [0.4, 0.5) is 61.5 Å². The predicted molar refractivity (Wildman–Crippen MR) is 54.6 cm³/mol. The molecule has 0 radical (unpaired) electrons. The van der Waals surface area contributed by atoms with E-state index in [1.165, 1.54) is 0 Å². The summed E-state index contributed by atoms with van der Waals surface area (Å²) in [4.78, 5) is 0. The molecule has 0 aliphatic heterocycles. The van der Waals surface area contributed by atoms with Crippen LogP contribution in [-0.4, -0.2) is 54.3 Å². The predicted octanol–water partition coefficient (Wildman–Crippen LogP) is 1.35. The van der Waals surface area contributed by atoms with E-state index in [0.29, 0.717) is 0 Å². The van der Waals surface area contributed by atoms with Gasteiger partial charge in [-0.2, -0.15) is 57.1 Å². The minimum Gasteiger partial charge on any atom is -0.743 e. The summed E-state index contributed by atoms with van der Waals surface area (Å²) in [5.74, 6) is -31.0. The Balaban J connectivity index is 0. The van der Waals surface area contributed by atoms with E-state index in [1.807, 2.05) is 0 Å². The summed E-state index contributed by atoms with van der Waals surface area (Å²) in [6, 6.07) is 0. The Bertz CT molecular complexity index is 643. The summed E-state index contributed by atoms with van der Waals surface area (Å²) in [7, 11) is -7.83. The van der Waals surface area contributed by atoms with Crippen LogP contribution in [0, 0.1) is 0 Å². The number of halogens is 14. The van der Waals surface area contributed by atoms with Crippen molar-refractivity contribution in [1.29, 1.82) is 0 Å². The minimum atomic E-state index is -8.09. The summed E-state index contributed by atoms with van der Waals surface area (Å²) < 4.78 is 208. The van der Waals surface area contributed by atoms with Crippen LogP contribution in [0.5, 0.6) is 0 Å². The van der Waals surface area contributed by atoms with Crippen molar-refractivity contribution in [2.45, 2.75) is 54.1 Å². The van der Waals surface area contributed by atoms with Gasteiger partial charge in [0.2, 0.25) is 0 Å². The Morgan fingerprint density at radius 1 is 0.714 bits per heavy atom. The fraction of sp³-hybridized carbons (Fsp3) is 1.00. The molecule has 0 aliphatic carbocycles. The van der Waals surface area contributed by atoms with Crippen molar-refractivity contribution in [3.05, 3.63) is 0 Å². The topological polar surface area (TPSA) is 57.2 Å². The van der Waals surface area contributed by atoms with Gasteiger partial charge in [-0.3, -0.25) is 0 Å². The molecule has 28 heavy (non-hydrogen) atoms. The van der Waals surface area contributed by atoms with Gasteiger partial charge in [0.15, 0.2) is 16.3 Å². The van der Waals surface area contributed by atoms with Crippen LogP contribution >= 0.6 is 0 Å². The van der Waals surface area contributed by atoms with Crippen molar-refractivity contribution in [3.8, 4) is 0 Å². The molecule has 0 amide bonds. The van der Waals surface area contributed by atoms with E-state index in [9.17, 15) is 74.4 Å². The first kappa shape index (κ1) is 30.8. The second-order valence-electron chi connectivity index (χ2n) is 4.94. The first-order valence-electron chi connectivity index (χ1n) is 5.93. The van der Waals surface area contributed by atoms with Gasteiger partial charge in [0.05, 0.1) is 0 Å². The van der Waals surface area contributed by atoms with Gasteiger partial charge in [-0.25, -0.2) is 12.8 Å². The SMILES string of the molecule is O=S(=O)([O-])C(F)(F)C(F)(F)C(F)(F)C(F)(F)C(F)(F)C(F)CCC(F)(F)F.[K+]. The molecule has 0 N–H and O–H groups in total. The zero-order valence-electron chi connectivity index (χ0n) is 12.9. The molecule has 0 bridgehead atoms. The van der Waals surface area contributed by atoms with Crippen LogP contribution in [0.1, 0.15) is 12.8 Å². The molecule has 0 saturated carbocycles. The summed E-state index contributed by atoms with van der Waals surface area (Å²) in [6.07, 6.45) is -15.7. The molecule has 1 unspecified atom stereocenters. The van der Waals surface area contributed by atoms with Crippen molar-refractivity contribution in [2.24, 2.45) is 0 Å². The van der Waals surface area contributed by atoms with Crippen LogP contribution in [0.2, 0.25) is 0 Å². The summed E-state index contributed by atoms with van der Waals surface area (Å²) in [6.45, 7) is 0. The monoisotopic (exact) mass is 498 g/mol. The van der Waals surface area contributed by atoms with Gasteiger partial charge in [-0.1, -0.05) is 0 Å². The molecular formula is C9H5F14KO3S. The molecular weight excluding hydrogens is 493 g/mol. The zero-order chi connectivity index (χ0) is 22.5. The third kappa shape index (κ3) is 5.24. The molecule has 0 aliphatic rings. The van der Waals surface area contributed by atoms with E-state index in [1.54, 1.807) is 0 Å². The van der Waals surface area contributed by atoms with Gasteiger partial charge >= 0.3 is 86.5 Å². The van der Waals surface area contributed by atoms with E-state index < -0.39 is 64.3 Å². The van der Waals surface area contributed by atoms with E-state index in [2.05, 4.69) is 0 Å². The average Bonchev–Trinajstić information content (AvgIpc) is 2.41. The maximum Gasteiger partial charge on any atom is 1.00 e. The Morgan fingerprint density at radius 3 is 1.36 bits per heavy atom. The van der Waals surface area contributed by atoms with Gasteiger partial charge in [0, 0.05) is 6.42 Å². The molecule has 0 saturated heterocycles. The Hall–Kier alpha value is 0.566. The Kier molecular flexibility index (Phi) is 9.45. The molecule has 1 atom stereocenters. The molecule has 0 heterocycles. The quantitative estimate of drug-likeness (QED) is 0.289. The number of hydrogen-bond acceptors (Lipinski definition) is 3. The normalized spacial score (nSPS) is 16.5. The maximum absolute atomic E-state index is 13.1. The van der Waals surface area contributed by atoms with E-state index in [4.69, 9.17) is 0 Å². The summed E-state index contributed by atoms with van der Waals surface area (Å²) in [5, 5.41) is -7.57. The van der Waals surface area contributed by atoms with Crippen LogP contribution < -0.4 is 51.4 Å². The fourth-order valence-corrected chi connectivity index (χ4v) is 1.86. The molecule has 0 aromatic heterocycles. The molecule has 0 fully saturated rings. The largest absolute Gasteiger partial charge is 1.00 e. The molecule has 0 rings (SSSR count). The van der Waals surface area contributed by atoms with Gasteiger partial charge < -0.3 is 4.55 Å². The van der Waals surface area contributed by atoms with Crippen LogP contribution in [-0.2, 0) is 10.1 Å². The van der Waals surface area contributed by atoms with Gasteiger partial charge in [-0.05, 0) is 6.42 Å². The fourth-order valence-electron chi connectivity index (χ4n) is 1.41. The molecule has 0 spiro atoms. The first-order valence-corrected chi connectivity index (χ1v) is 7.34. The smallest absolute Gasteiger partial charge is 0.743 e. The van der Waals surface area contributed by atoms with Crippen molar-refractivity contribution < 1.29 is 126 Å². The average molecular weight is 498 g/mol. The summed E-state index contributed by atoms with van der Waals surface area (Å²) >= 11 is 0. The standard InChI is InChI=1S/C9H6F14O3S.K/c10-3(1-2-4(11,12)13)5(14,15)6(16,17)7(18,19)8(20,21)9(22,23)27(24,25)26;/h3H,1-2H2,(H,24,25,26);/q;+1/p-1. The van der Waals surface area contributed by atoms with Gasteiger partial charge in [-0.15, -0.1) is 0 Å². The number of alkyl halides is 14. The third-order valence-electron chi connectivity index (χ3n) is 2.96. The third-order valence-corrected chi connectivity index (χ3v) is 3.85. The van der Waals surface area contributed by atoms with Crippen LogP contribution in [0.25, 0.3) is 0 Å². The molecule has 0 aromatic rings.